The van der Waals surface area contributed by atoms with Gasteiger partial charge in [-0.15, -0.1) is 0 Å². The average molecular weight is 510 g/mol. The van der Waals surface area contributed by atoms with Gasteiger partial charge in [0, 0.05) is 30.2 Å². The Kier molecular flexibility index (Phi) is 7.01. The van der Waals surface area contributed by atoms with Crippen molar-refractivity contribution in [2.75, 3.05) is 13.2 Å². The minimum atomic E-state index is -1.79. The van der Waals surface area contributed by atoms with Crippen LogP contribution in [-0.2, 0) is 13.9 Å². The molecule has 0 radical (unpaired) electrons. The van der Waals surface area contributed by atoms with Gasteiger partial charge in [-0.25, -0.2) is 4.39 Å². The predicted molar refractivity (Wildman–Crippen MR) is 144 cm³/mol. The molecule has 1 aromatic carbocycles. The van der Waals surface area contributed by atoms with E-state index in [1.165, 1.54) is 12.1 Å². The van der Waals surface area contributed by atoms with Crippen molar-refractivity contribution >= 4 is 14.4 Å². The standard InChI is InChI=1S/C30H40FNO3Si/c1-29(2,3)36(4,5)35-26-12-13-27-23(18-26)19-30(33-15-16-34-30)28(27)14-11-25-10-9-22(20-32-25)21-7-6-8-24(31)17-21/h6-11,14,17,20,23,26-28H,12-13,15-16,18-19H2,1-5H3/b14-11+/t23-,26+,27-,28+/m1/s1. The smallest absolute Gasteiger partial charge is 0.192 e. The molecule has 0 N–H and O–H groups in total. The van der Waals surface area contributed by atoms with Crippen molar-refractivity contribution in [1.82, 2.24) is 4.98 Å². The molecule has 1 saturated heterocycles. The van der Waals surface area contributed by atoms with Crippen LogP contribution in [0.1, 0.15) is 52.1 Å². The fourth-order valence-corrected chi connectivity index (χ4v) is 7.50. The molecule has 3 fully saturated rings. The van der Waals surface area contributed by atoms with Crippen LogP contribution in [0.2, 0.25) is 18.1 Å². The quantitative estimate of drug-likeness (QED) is 0.392. The Balaban J connectivity index is 1.31. The van der Waals surface area contributed by atoms with Crippen LogP contribution in [-0.4, -0.2) is 38.4 Å². The molecule has 1 aliphatic heterocycles. The molecule has 4 nitrogen and oxygen atoms in total. The van der Waals surface area contributed by atoms with Gasteiger partial charge in [0.1, 0.15) is 5.82 Å². The zero-order valence-electron chi connectivity index (χ0n) is 22.3. The van der Waals surface area contributed by atoms with E-state index in [0.717, 1.165) is 42.5 Å². The number of aromatic nitrogens is 1. The summed E-state index contributed by atoms with van der Waals surface area (Å²) >= 11 is 0. The summed E-state index contributed by atoms with van der Waals surface area (Å²) in [5.74, 6) is 0.538. The third kappa shape index (κ3) is 5.10. The molecule has 1 aromatic heterocycles. The van der Waals surface area contributed by atoms with E-state index in [0.29, 0.717) is 31.2 Å². The van der Waals surface area contributed by atoms with Gasteiger partial charge in [0.15, 0.2) is 14.1 Å². The van der Waals surface area contributed by atoms with Crippen LogP contribution >= 0.6 is 0 Å². The molecule has 3 aliphatic rings. The van der Waals surface area contributed by atoms with Gasteiger partial charge in [0.05, 0.1) is 18.9 Å². The molecule has 4 atom stereocenters. The highest BCUT2D eigenvalue weighted by molar-refractivity contribution is 6.74. The van der Waals surface area contributed by atoms with Crippen LogP contribution in [0.25, 0.3) is 17.2 Å². The second-order valence-corrected chi connectivity index (χ2v) is 17.1. The molecular formula is C30H40FNO3Si. The van der Waals surface area contributed by atoms with Crippen molar-refractivity contribution in [2.24, 2.45) is 17.8 Å². The van der Waals surface area contributed by atoms with E-state index < -0.39 is 14.1 Å². The Morgan fingerprint density at radius 2 is 1.86 bits per heavy atom. The minimum Gasteiger partial charge on any atom is -0.414 e. The summed E-state index contributed by atoms with van der Waals surface area (Å²) in [6.07, 6.45) is 10.8. The summed E-state index contributed by atoms with van der Waals surface area (Å²) < 4.78 is 33.1. The third-order valence-corrected chi connectivity index (χ3v) is 13.5. The zero-order chi connectivity index (χ0) is 25.6. The van der Waals surface area contributed by atoms with Gasteiger partial charge in [-0.1, -0.05) is 45.0 Å². The van der Waals surface area contributed by atoms with E-state index in [2.05, 4.69) is 51.0 Å². The van der Waals surface area contributed by atoms with Crippen LogP contribution in [0.15, 0.2) is 48.7 Å². The molecule has 0 bridgehead atoms. The Morgan fingerprint density at radius 1 is 1.08 bits per heavy atom. The van der Waals surface area contributed by atoms with E-state index in [9.17, 15) is 4.39 Å². The summed E-state index contributed by atoms with van der Waals surface area (Å²) in [5, 5.41) is 0.223. The molecule has 0 unspecified atom stereocenters. The summed E-state index contributed by atoms with van der Waals surface area (Å²) in [6.45, 7) is 13.0. The van der Waals surface area contributed by atoms with Gasteiger partial charge < -0.3 is 13.9 Å². The summed E-state index contributed by atoms with van der Waals surface area (Å²) in [7, 11) is -1.79. The third-order valence-electron chi connectivity index (χ3n) is 8.97. The van der Waals surface area contributed by atoms with Gasteiger partial charge in [0.2, 0.25) is 0 Å². The number of hydrogen-bond acceptors (Lipinski definition) is 4. The van der Waals surface area contributed by atoms with Crippen LogP contribution in [0.4, 0.5) is 4.39 Å². The van der Waals surface area contributed by atoms with Gasteiger partial charge in [0.25, 0.3) is 0 Å². The van der Waals surface area contributed by atoms with Gasteiger partial charge in [-0.3, -0.25) is 4.98 Å². The Morgan fingerprint density at radius 3 is 2.53 bits per heavy atom. The second-order valence-electron chi connectivity index (χ2n) is 12.3. The van der Waals surface area contributed by atoms with Gasteiger partial charge in [-0.2, -0.15) is 0 Å². The molecule has 2 aromatic rings. The van der Waals surface area contributed by atoms with Crippen molar-refractivity contribution < 1.29 is 18.3 Å². The van der Waals surface area contributed by atoms with Gasteiger partial charge >= 0.3 is 0 Å². The Labute approximate surface area is 216 Å². The predicted octanol–water partition coefficient (Wildman–Crippen LogP) is 7.47. The highest BCUT2D eigenvalue weighted by atomic mass is 28.4. The van der Waals surface area contributed by atoms with Crippen molar-refractivity contribution in [3.8, 4) is 11.1 Å². The zero-order valence-corrected chi connectivity index (χ0v) is 23.3. The summed E-state index contributed by atoms with van der Waals surface area (Å²) in [6, 6.07) is 10.6. The first-order chi connectivity index (χ1) is 17.1. The molecule has 6 heteroatoms. The number of fused-ring (bicyclic) bond motifs is 1. The summed E-state index contributed by atoms with van der Waals surface area (Å²) in [4.78, 5) is 4.63. The van der Waals surface area contributed by atoms with E-state index in [1.807, 2.05) is 24.4 Å². The maximum atomic E-state index is 13.6. The Bertz CT molecular complexity index is 1090. The lowest BCUT2D eigenvalue weighted by molar-refractivity contribution is -0.175. The molecule has 5 rings (SSSR count). The van der Waals surface area contributed by atoms with E-state index in [4.69, 9.17) is 13.9 Å². The maximum absolute atomic E-state index is 13.6. The summed E-state index contributed by atoms with van der Waals surface area (Å²) in [5.41, 5.74) is 2.63. The molecule has 2 aliphatic carbocycles. The SMILES string of the molecule is CC(C)(C)[Si](C)(C)O[C@H]1CC[C@@H]2[C@H](C1)CC1(OCCO1)[C@H]2/C=C/c1ccc(-c2cccc(F)c2)cn1. The van der Waals surface area contributed by atoms with Crippen molar-refractivity contribution in [3.63, 3.8) is 0 Å². The minimum absolute atomic E-state index is 0.212. The fraction of sp³-hybridized carbons (Fsp3) is 0.567. The van der Waals surface area contributed by atoms with Crippen LogP contribution < -0.4 is 0 Å². The van der Waals surface area contributed by atoms with E-state index >= 15 is 0 Å². The molecule has 1 spiro atoms. The number of rotatable bonds is 5. The largest absolute Gasteiger partial charge is 0.414 e. The van der Waals surface area contributed by atoms with Crippen molar-refractivity contribution in [2.45, 2.75) is 76.5 Å². The molecule has 0 amide bonds. The average Bonchev–Trinajstić information content (AvgIpc) is 3.41. The Hall–Kier alpha value is -1.86. The first-order valence-corrected chi connectivity index (χ1v) is 16.3. The lowest BCUT2D eigenvalue weighted by Crippen LogP contribution is -2.45. The first kappa shape index (κ1) is 25.8. The monoisotopic (exact) mass is 509 g/mol. The van der Waals surface area contributed by atoms with Crippen molar-refractivity contribution in [1.29, 1.82) is 0 Å². The van der Waals surface area contributed by atoms with Crippen LogP contribution in [0.5, 0.6) is 0 Å². The van der Waals surface area contributed by atoms with E-state index in [1.54, 1.807) is 6.07 Å². The highest BCUT2D eigenvalue weighted by Gasteiger charge is 2.57. The molecule has 194 valence electrons. The first-order valence-electron chi connectivity index (χ1n) is 13.4. The number of ether oxygens (including phenoxy) is 2. The number of nitrogens with zero attached hydrogens (tertiary/aromatic N) is 1. The van der Waals surface area contributed by atoms with E-state index in [-0.39, 0.29) is 16.8 Å². The molecule has 36 heavy (non-hydrogen) atoms. The number of hydrogen-bond donors (Lipinski definition) is 0. The number of benzene rings is 1. The van der Waals surface area contributed by atoms with Crippen LogP contribution in [0.3, 0.4) is 0 Å². The van der Waals surface area contributed by atoms with Gasteiger partial charge in [-0.05, 0) is 79.1 Å². The molecular weight excluding hydrogens is 469 g/mol. The van der Waals surface area contributed by atoms with Crippen molar-refractivity contribution in [3.05, 3.63) is 60.2 Å². The van der Waals surface area contributed by atoms with Crippen LogP contribution in [0, 0.1) is 23.6 Å². The topological polar surface area (TPSA) is 40.6 Å². The number of pyridine rings is 1. The maximum Gasteiger partial charge on any atom is 0.192 e. The normalized spacial score (nSPS) is 28.2. The molecule has 2 heterocycles. The lowest BCUT2D eigenvalue weighted by Gasteiger charge is -2.42. The lowest BCUT2D eigenvalue weighted by atomic mass is 9.76. The fourth-order valence-electron chi connectivity index (χ4n) is 6.10. The highest BCUT2D eigenvalue weighted by Crippen LogP contribution is 2.56. The second kappa shape index (κ2) is 9.79. The molecule has 2 saturated carbocycles. The number of halogens is 1.